The van der Waals surface area contributed by atoms with Gasteiger partial charge in [0.1, 0.15) is 0 Å². The van der Waals surface area contributed by atoms with Crippen LogP contribution in [0.3, 0.4) is 0 Å². The standard InChI is InChI=1S/C13H28O/c1-10(2)8-7-9-12(14)11(3)13(4,5)6/h10-12,14H,7-9H2,1-6H3. The molecule has 0 aliphatic rings. The molecule has 1 N–H and O–H groups in total. The van der Waals surface area contributed by atoms with Crippen molar-refractivity contribution in [1.29, 1.82) is 0 Å². The van der Waals surface area contributed by atoms with Crippen LogP contribution in [0.5, 0.6) is 0 Å². The molecule has 0 bridgehead atoms. The van der Waals surface area contributed by atoms with Crippen molar-refractivity contribution in [3.63, 3.8) is 0 Å². The van der Waals surface area contributed by atoms with E-state index in [0.29, 0.717) is 5.92 Å². The molecule has 0 amide bonds. The minimum absolute atomic E-state index is 0.131. The van der Waals surface area contributed by atoms with Gasteiger partial charge >= 0.3 is 0 Å². The Balaban J connectivity index is 3.79. The van der Waals surface area contributed by atoms with Gasteiger partial charge in [-0.1, -0.05) is 54.4 Å². The highest BCUT2D eigenvalue weighted by molar-refractivity contribution is 4.76. The number of aliphatic hydroxyl groups excluding tert-OH is 1. The molecule has 1 heteroatoms. The molecular weight excluding hydrogens is 172 g/mol. The molecule has 0 spiro atoms. The largest absolute Gasteiger partial charge is 0.393 e. The maximum atomic E-state index is 9.97. The van der Waals surface area contributed by atoms with Gasteiger partial charge in [-0.05, 0) is 23.7 Å². The lowest BCUT2D eigenvalue weighted by Gasteiger charge is -2.31. The van der Waals surface area contributed by atoms with Crippen LogP contribution in [0.15, 0.2) is 0 Å². The summed E-state index contributed by atoms with van der Waals surface area (Å²) in [5.41, 5.74) is 0.219. The van der Waals surface area contributed by atoms with Crippen LogP contribution in [0, 0.1) is 17.3 Å². The van der Waals surface area contributed by atoms with Crippen LogP contribution in [-0.4, -0.2) is 11.2 Å². The van der Waals surface area contributed by atoms with Gasteiger partial charge < -0.3 is 5.11 Å². The lowest BCUT2D eigenvalue weighted by molar-refractivity contribution is 0.0454. The molecule has 86 valence electrons. The van der Waals surface area contributed by atoms with Crippen LogP contribution in [-0.2, 0) is 0 Å². The predicted octanol–water partition coefficient (Wildman–Crippen LogP) is 3.86. The Morgan fingerprint density at radius 1 is 1.00 bits per heavy atom. The van der Waals surface area contributed by atoms with Gasteiger partial charge in [-0.25, -0.2) is 0 Å². The fourth-order valence-electron chi connectivity index (χ4n) is 1.56. The molecule has 0 aliphatic carbocycles. The Morgan fingerprint density at radius 2 is 1.50 bits per heavy atom. The van der Waals surface area contributed by atoms with Crippen molar-refractivity contribution in [3.05, 3.63) is 0 Å². The van der Waals surface area contributed by atoms with Crippen molar-refractivity contribution in [2.45, 2.75) is 66.9 Å². The van der Waals surface area contributed by atoms with E-state index in [1.807, 2.05) is 0 Å². The van der Waals surface area contributed by atoms with E-state index in [1.54, 1.807) is 0 Å². The molecule has 0 aromatic carbocycles. The highest BCUT2D eigenvalue weighted by Crippen LogP contribution is 2.30. The van der Waals surface area contributed by atoms with E-state index in [2.05, 4.69) is 41.5 Å². The zero-order valence-corrected chi connectivity index (χ0v) is 10.8. The highest BCUT2D eigenvalue weighted by Gasteiger charge is 2.26. The quantitative estimate of drug-likeness (QED) is 0.714. The van der Waals surface area contributed by atoms with E-state index in [0.717, 1.165) is 18.8 Å². The maximum Gasteiger partial charge on any atom is 0.0570 e. The van der Waals surface area contributed by atoms with E-state index < -0.39 is 0 Å². The zero-order chi connectivity index (χ0) is 11.4. The first-order valence-corrected chi connectivity index (χ1v) is 5.93. The Morgan fingerprint density at radius 3 is 1.86 bits per heavy atom. The van der Waals surface area contributed by atoms with Crippen LogP contribution < -0.4 is 0 Å². The van der Waals surface area contributed by atoms with Crippen molar-refractivity contribution < 1.29 is 5.11 Å². The average molecular weight is 200 g/mol. The summed E-state index contributed by atoms with van der Waals surface area (Å²) in [6.45, 7) is 13.2. The average Bonchev–Trinajstić information content (AvgIpc) is 2.00. The molecule has 0 saturated carbocycles. The summed E-state index contributed by atoms with van der Waals surface area (Å²) in [5, 5.41) is 9.97. The van der Waals surface area contributed by atoms with Gasteiger partial charge in [0.2, 0.25) is 0 Å². The van der Waals surface area contributed by atoms with E-state index >= 15 is 0 Å². The molecule has 0 aliphatic heterocycles. The fraction of sp³-hybridized carbons (Fsp3) is 1.00. The van der Waals surface area contributed by atoms with Crippen molar-refractivity contribution in [2.24, 2.45) is 17.3 Å². The lowest BCUT2D eigenvalue weighted by Crippen LogP contribution is -2.29. The first-order valence-electron chi connectivity index (χ1n) is 5.93. The van der Waals surface area contributed by atoms with E-state index in [9.17, 15) is 5.11 Å². The summed E-state index contributed by atoms with van der Waals surface area (Å²) in [6.07, 6.45) is 3.21. The molecule has 0 heterocycles. The summed E-state index contributed by atoms with van der Waals surface area (Å²) in [4.78, 5) is 0. The highest BCUT2D eigenvalue weighted by atomic mass is 16.3. The van der Waals surface area contributed by atoms with E-state index in [4.69, 9.17) is 0 Å². The molecule has 2 atom stereocenters. The van der Waals surface area contributed by atoms with Gasteiger partial charge in [0, 0.05) is 0 Å². The Bertz CT molecular complexity index is 144. The summed E-state index contributed by atoms with van der Waals surface area (Å²) in [5.74, 6) is 1.14. The molecular formula is C13H28O. The van der Waals surface area contributed by atoms with E-state index in [1.165, 1.54) is 6.42 Å². The normalized spacial score (nSPS) is 17.1. The number of aliphatic hydroxyl groups is 1. The first kappa shape index (κ1) is 14.0. The van der Waals surface area contributed by atoms with Gasteiger partial charge in [-0.3, -0.25) is 0 Å². The van der Waals surface area contributed by atoms with Gasteiger partial charge in [0.25, 0.3) is 0 Å². The van der Waals surface area contributed by atoms with Crippen LogP contribution >= 0.6 is 0 Å². The van der Waals surface area contributed by atoms with Crippen LogP contribution in [0.4, 0.5) is 0 Å². The van der Waals surface area contributed by atoms with Crippen LogP contribution in [0.1, 0.15) is 60.8 Å². The fourth-order valence-corrected chi connectivity index (χ4v) is 1.56. The second-order valence-electron chi connectivity index (χ2n) is 6.05. The number of hydrogen-bond donors (Lipinski definition) is 1. The third-order valence-corrected chi connectivity index (χ3v) is 3.22. The molecule has 14 heavy (non-hydrogen) atoms. The summed E-state index contributed by atoms with van der Waals surface area (Å²) in [6, 6.07) is 0. The summed E-state index contributed by atoms with van der Waals surface area (Å²) < 4.78 is 0. The zero-order valence-electron chi connectivity index (χ0n) is 10.8. The van der Waals surface area contributed by atoms with Crippen LogP contribution in [0.2, 0.25) is 0 Å². The third kappa shape index (κ3) is 5.64. The lowest BCUT2D eigenvalue weighted by atomic mass is 9.77. The van der Waals surface area contributed by atoms with E-state index in [-0.39, 0.29) is 11.5 Å². The second-order valence-corrected chi connectivity index (χ2v) is 6.05. The van der Waals surface area contributed by atoms with Gasteiger partial charge in [0.05, 0.1) is 6.10 Å². The molecule has 0 saturated heterocycles. The number of hydrogen-bond acceptors (Lipinski definition) is 1. The Labute approximate surface area is 89.9 Å². The first-order chi connectivity index (χ1) is 6.25. The molecule has 0 rings (SSSR count). The topological polar surface area (TPSA) is 20.2 Å². The molecule has 0 fully saturated rings. The maximum absolute atomic E-state index is 9.97. The van der Waals surface area contributed by atoms with Crippen molar-refractivity contribution in [3.8, 4) is 0 Å². The SMILES string of the molecule is CC(C)CCCC(O)C(C)C(C)(C)C. The third-order valence-electron chi connectivity index (χ3n) is 3.22. The Hall–Kier alpha value is -0.0400. The summed E-state index contributed by atoms with van der Waals surface area (Å²) in [7, 11) is 0. The molecule has 2 unspecified atom stereocenters. The van der Waals surface area contributed by atoms with Crippen LogP contribution in [0.25, 0.3) is 0 Å². The minimum atomic E-state index is -0.131. The van der Waals surface area contributed by atoms with Crippen molar-refractivity contribution in [2.75, 3.05) is 0 Å². The molecule has 1 nitrogen and oxygen atoms in total. The monoisotopic (exact) mass is 200 g/mol. The summed E-state index contributed by atoms with van der Waals surface area (Å²) >= 11 is 0. The van der Waals surface area contributed by atoms with Gasteiger partial charge in [0.15, 0.2) is 0 Å². The van der Waals surface area contributed by atoms with Gasteiger partial charge in [-0.2, -0.15) is 0 Å². The molecule has 0 aromatic rings. The smallest absolute Gasteiger partial charge is 0.0570 e. The molecule has 0 radical (unpaired) electrons. The van der Waals surface area contributed by atoms with Gasteiger partial charge in [-0.15, -0.1) is 0 Å². The minimum Gasteiger partial charge on any atom is -0.393 e. The molecule has 0 aromatic heterocycles. The Kier molecular flexibility index (Phi) is 5.73. The number of rotatable bonds is 5. The predicted molar refractivity (Wildman–Crippen MR) is 63.3 cm³/mol. The van der Waals surface area contributed by atoms with Crippen molar-refractivity contribution in [1.82, 2.24) is 0 Å². The van der Waals surface area contributed by atoms with Crippen molar-refractivity contribution >= 4 is 0 Å². The second kappa shape index (κ2) is 5.75.